The van der Waals surface area contributed by atoms with Gasteiger partial charge in [-0.25, -0.2) is 9.31 Å². The first kappa shape index (κ1) is 21.4. The van der Waals surface area contributed by atoms with E-state index < -0.39 is 0 Å². The van der Waals surface area contributed by atoms with Crippen molar-refractivity contribution in [3.63, 3.8) is 0 Å². The van der Waals surface area contributed by atoms with E-state index in [2.05, 4.69) is 27.4 Å². The second-order valence-electron chi connectivity index (χ2n) is 9.96. The molecule has 32 heavy (non-hydrogen) atoms. The van der Waals surface area contributed by atoms with E-state index in [-0.39, 0.29) is 11.9 Å². The molecule has 0 aromatic carbocycles. The number of hydrogen-bond acceptors (Lipinski definition) is 4. The minimum atomic E-state index is -0.359. The lowest BCUT2D eigenvalue weighted by atomic mass is 9.89. The van der Waals surface area contributed by atoms with Crippen LogP contribution in [0.25, 0.3) is 5.52 Å². The zero-order valence-electron chi connectivity index (χ0n) is 19.0. The van der Waals surface area contributed by atoms with Gasteiger partial charge in [-0.3, -0.25) is 15.0 Å². The predicted octanol–water partition coefficient (Wildman–Crippen LogP) is 4.01. The lowest BCUT2D eigenvalue weighted by Gasteiger charge is -2.34. The highest BCUT2D eigenvalue weighted by molar-refractivity contribution is 6.07. The number of urea groups is 1. The number of fused-ring (bicyclic) bond motifs is 1. The maximum Gasteiger partial charge on any atom is 0.328 e. The molecule has 0 spiro atoms. The predicted molar refractivity (Wildman–Crippen MR) is 125 cm³/mol. The molecule has 0 radical (unpaired) electrons. The van der Waals surface area contributed by atoms with Gasteiger partial charge in [0.2, 0.25) is 5.91 Å². The van der Waals surface area contributed by atoms with Crippen LogP contribution in [0.1, 0.15) is 63.4 Å². The number of amides is 3. The number of hydrogen-bond donors (Lipinski definition) is 1. The van der Waals surface area contributed by atoms with Crippen molar-refractivity contribution in [3.05, 3.63) is 30.1 Å². The van der Waals surface area contributed by atoms with Crippen molar-refractivity contribution in [1.82, 2.24) is 19.8 Å². The summed E-state index contributed by atoms with van der Waals surface area (Å²) in [4.78, 5) is 28.1. The second kappa shape index (κ2) is 9.61. The first-order valence-corrected chi connectivity index (χ1v) is 12.5. The fourth-order valence-electron chi connectivity index (χ4n) is 5.76. The molecule has 5 rings (SSSR count). The number of pyridine rings is 1. The Morgan fingerprint density at radius 2 is 1.75 bits per heavy atom. The number of carbonyl (C=O) groups excluding carboxylic acids is 2. The molecule has 1 saturated carbocycles. The maximum absolute atomic E-state index is 12.3. The Morgan fingerprint density at radius 1 is 0.969 bits per heavy atom. The summed E-state index contributed by atoms with van der Waals surface area (Å²) < 4.78 is 1.82. The summed E-state index contributed by atoms with van der Waals surface area (Å²) in [6, 6.07) is 3.97. The maximum atomic E-state index is 12.3. The van der Waals surface area contributed by atoms with E-state index in [4.69, 9.17) is 0 Å². The molecule has 3 fully saturated rings. The van der Waals surface area contributed by atoms with Gasteiger partial charge in [-0.15, -0.1) is 0 Å². The lowest BCUT2D eigenvalue weighted by Crippen LogP contribution is -2.49. The highest BCUT2D eigenvalue weighted by Gasteiger charge is 2.27. The van der Waals surface area contributed by atoms with Gasteiger partial charge in [0.15, 0.2) is 0 Å². The van der Waals surface area contributed by atoms with E-state index in [1.807, 2.05) is 10.7 Å². The van der Waals surface area contributed by atoms with E-state index >= 15 is 0 Å². The number of likely N-dealkylation sites (tertiary alicyclic amines) is 1. The van der Waals surface area contributed by atoms with Gasteiger partial charge >= 0.3 is 6.03 Å². The Labute approximate surface area is 190 Å². The molecule has 2 aliphatic heterocycles. The number of piperidine rings is 1. The van der Waals surface area contributed by atoms with Gasteiger partial charge in [-0.2, -0.15) is 5.10 Å². The second-order valence-corrected chi connectivity index (χ2v) is 9.96. The molecular formula is C25H35N5O2. The summed E-state index contributed by atoms with van der Waals surface area (Å²) in [6.45, 7) is 4.15. The van der Waals surface area contributed by atoms with Gasteiger partial charge in [-0.05, 0) is 74.7 Å². The van der Waals surface area contributed by atoms with Gasteiger partial charge in [0.05, 0.1) is 17.4 Å². The van der Waals surface area contributed by atoms with E-state index in [0.29, 0.717) is 18.9 Å². The van der Waals surface area contributed by atoms with Crippen LogP contribution in [0.3, 0.4) is 0 Å². The Kier molecular flexibility index (Phi) is 6.44. The number of nitrogens with one attached hydrogen (secondary N) is 1. The normalized spacial score (nSPS) is 22.3. The zero-order chi connectivity index (χ0) is 21.9. The molecule has 1 aliphatic carbocycles. The Balaban J connectivity index is 1.20. The van der Waals surface area contributed by atoms with Crippen LogP contribution >= 0.6 is 0 Å². The van der Waals surface area contributed by atoms with Gasteiger partial charge in [0.25, 0.3) is 0 Å². The number of carbonyl (C=O) groups is 2. The van der Waals surface area contributed by atoms with Crippen molar-refractivity contribution in [2.75, 3.05) is 31.1 Å². The van der Waals surface area contributed by atoms with Crippen LogP contribution in [0.2, 0.25) is 0 Å². The van der Waals surface area contributed by atoms with Crippen molar-refractivity contribution in [2.24, 2.45) is 11.8 Å². The third-order valence-electron chi connectivity index (χ3n) is 7.63. The standard InChI is InChI=1S/C25H35N5O2/c31-24-10-13-29(25(32)27-24)23-17-26-30-14-9-21(16-22(23)30)15-19-7-11-28(12-8-19)18-20-5-3-1-2-4-6-20/h9,14,16-17,19-20H,1-8,10-13,15,18H2,(H,27,31,32). The molecule has 4 heterocycles. The Morgan fingerprint density at radius 3 is 2.50 bits per heavy atom. The Hall–Kier alpha value is -2.41. The van der Waals surface area contributed by atoms with Gasteiger partial charge in [0, 0.05) is 25.7 Å². The summed E-state index contributed by atoms with van der Waals surface area (Å²) in [6.07, 6.45) is 16.2. The van der Waals surface area contributed by atoms with Crippen molar-refractivity contribution in [3.8, 4) is 0 Å². The van der Waals surface area contributed by atoms with Crippen LogP contribution in [0.4, 0.5) is 10.5 Å². The van der Waals surface area contributed by atoms with Crippen LogP contribution in [0.15, 0.2) is 24.5 Å². The average Bonchev–Trinajstić information content (AvgIpc) is 3.02. The highest BCUT2D eigenvalue weighted by atomic mass is 16.2. The third kappa shape index (κ3) is 4.82. The SMILES string of the molecule is O=C1CCN(c2cnn3ccc(CC4CCN(CC5CCCCCC5)CC4)cc23)C(=O)N1. The first-order valence-electron chi connectivity index (χ1n) is 12.5. The quantitative estimate of drug-likeness (QED) is 0.718. The molecule has 0 bridgehead atoms. The monoisotopic (exact) mass is 437 g/mol. The molecule has 1 N–H and O–H groups in total. The molecule has 2 aromatic rings. The molecule has 7 heteroatoms. The minimum absolute atomic E-state index is 0.214. The van der Waals surface area contributed by atoms with Crippen LogP contribution < -0.4 is 10.2 Å². The summed E-state index contributed by atoms with van der Waals surface area (Å²) in [5, 5.41) is 6.82. The van der Waals surface area contributed by atoms with Crippen LogP contribution in [0, 0.1) is 11.8 Å². The number of imide groups is 1. The summed E-state index contributed by atoms with van der Waals surface area (Å²) in [7, 11) is 0. The molecule has 0 unspecified atom stereocenters. The number of anilines is 1. The van der Waals surface area contributed by atoms with E-state index in [9.17, 15) is 9.59 Å². The molecule has 3 amide bonds. The van der Waals surface area contributed by atoms with Crippen LogP contribution in [-0.2, 0) is 11.2 Å². The average molecular weight is 438 g/mol. The molecule has 7 nitrogen and oxygen atoms in total. The minimum Gasteiger partial charge on any atom is -0.303 e. The van der Waals surface area contributed by atoms with E-state index in [1.54, 1.807) is 11.1 Å². The molecule has 2 saturated heterocycles. The van der Waals surface area contributed by atoms with Crippen molar-refractivity contribution < 1.29 is 9.59 Å². The third-order valence-corrected chi connectivity index (χ3v) is 7.63. The van der Waals surface area contributed by atoms with Gasteiger partial charge < -0.3 is 4.90 Å². The zero-order valence-corrected chi connectivity index (χ0v) is 19.0. The smallest absolute Gasteiger partial charge is 0.303 e. The fraction of sp³-hybridized carbons (Fsp3) is 0.640. The number of rotatable bonds is 5. The molecule has 2 aromatic heterocycles. The molecule has 0 atom stereocenters. The number of aromatic nitrogens is 2. The summed E-state index contributed by atoms with van der Waals surface area (Å²) >= 11 is 0. The van der Waals surface area contributed by atoms with E-state index in [1.165, 1.54) is 76.6 Å². The fourth-order valence-corrected chi connectivity index (χ4v) is 5.76. The molecular weight excluding hydrogens is 402 g/mol. The topological polar surface area (TPSA) is 70.0 Å². The van der Waals surface area contributed by atoms with Crippen LogP contribution in [-0.4, -0.2) is 52.6 Å². The first-order chi connectivity index (χ1) is 15.7. The lowest BCUT2D eigenvalue weighted by molar-refractivity contribution is -0.120. The molecule has 3 aliphatic rings. The van der Waals surface area contributed by atoms with Gasteiger partial charge in [-0.1, -0.05) is 25.7 Å². The highest BCUT2D eigenvalue weighted by Crippen LogP contribution is 2.29. The van der Waals surface area contributed by atoms with Crippen molar-refractivity contribution in [2.45, 2.75) is 64.2 Å². The summed E-state index contributed by atoms with van der Waals surface area (Å²) in [5.41, 5.74) is 3.00. The van der Waals surface area contributed by atoms with Crippen LogP contribution in [0.5, 0.6) is 0 Å². The number of nitrogens with zero attached hydrogens (tertiary/aromatic N) is 4. The Bertz CT molecular complexity index is 954. The van der Waals surface area contributed by atoms with Crippen molar-refractivity contribution >= 4 is 23.1 Å². The van der Waals surface area contributed by atoms with Crippen molar-refractivity contribution in [1.29, 1.82) is 0 Å². The van der Waals surface area contributed by atoms with Gasteiger partial charge in [0.1, 0.15) is 0 Å². The summed E-state index contributed by atoms with van der Waals surface area (Å²) in [5.74, 6) is 1.41. The molecule has 172 valence electrons. The largest absolute Gasteiger partial charge is 0.328 e. The van der Waals surface area contributed by atoms with E-state index in [0.717, 1.165) is 23.5 Å².